The van der Waals surface area contributed by atoms with Gasteiger partial charge in [-0.05, 0) is 12.8 Å². The summed E-state index contributed by atoms with van der Waals surface area (Å²) in [5.74, 6) is 0.368. The Balaban J connectivity index is 0.000000405. The van der Waals surface area contributed by atoms with Crippen LogP contribution in [0.5, 0.6) is 0 Å². The lowest BCUT2D eigenvalue weighted by atomic mass is 10.0. The number of nitrogens with zero attached hydrogens (tertiary/aromatic N) is 1. The average molecular weight is 123 g/mol. The van der Waals surface area contributed by atoms with Crippen molar-refractivity contribution in [1.29, 1.82) is 0 Å². The molecule has 2 rings (SSSR count). The molecule has 9 heavy (non-hydrogen) atoms. The first kappa shape index (κ1) is 6.59. The number of carbonyl (C=O) groups is 1. The number of rotatable bonds is 0. The first-order valence-corrected chi connectivity index (χ1v) is 3.17. The molecule has 2 saturated heterocycles. The maximum absolute atomic E-state index is 10.6. The van der Waals surface area contributed by atoms with Crippen molar-refractivity contribution in [2.45, 2.75) is 25.3 Å². The number of hydrogen-bond donors (Lipinski definition) is 0. The molecule has 0 bridgehead atoms. The summed E-state index contributed by atoms with van der Waals surface area (Å²) in [6.45, 7) is 1.03. The van der Waals surface area contributed by atoms with Gasteiger partial charge in [-0.1, -0.05) is 0 Å². The summed E-state index contributed by atoms with van der Waals surface area (Å²) in [6, 6.07) is 0.655. The standard InChI is InChI=1S/C6H9NO.C/c8-6-4-5-2-1-3-7(5)6;/h5H,1-4H2;/t5-;/m1./s1. The highest BCUT2D eigenvalue weighted by atomic mass is 16.2. The van der Waals surface area contributed by atoms with Gasteiger partial charge in [0.2, 0.25) is 5.91 Å². The number of amides is 1. The van der Waals surface area contributed by atoms with E-state index in [4.69, 9.17) is 0 Å². The molecule has 0 aliphatic carbocycles. The van der Waals surface area contributed by atoms with Crippen LogP contribution in [0.3, 0.4) is 0 Å². The number of hydrogen-bond acceptors (Lipinski definition) is 1. The van der Waals surface area contributed by atoms with Crippen molar-refractivity contribution in [2.75, 3.05) is 6.54 Å². The van der Waals surface area contributed by atoms with E-state index in [0.29, 0.717) is 11.9 Å². The third-order valence-corrected chi connectivity index (χ3v) is 2.11. The van der Waals surface area contributed by atoms with E-state index in [1.807, 2.05) is 4.90 Å². The Morgan fingerprint density at radius 1 is 1.56 bits per heavy atom. The molecule has 2 heteroatoms. The van der Waals surface area contributed by atoms with Crippen LogP contribution in [-0.4, -0.2) is 23.4 Å². The zero-order valence-corrected chi connectivity index (χ0v) is 5.26. The molecule has 2 nitrogen and oxygen atoms in total. The Hall–Kier alpha value is -0.530. The molecular formula is C7H9NO. The Bertz CT molecular complexity index is 133. The Kier molecular flexibility index (Phi) is 1.47. The molecule has 0 aromatic carbocycles. The van der Waals surface area contributed by atoms with Crippen molar-refractivity contribution < 1.29 is 4.79 Å². The van der Waals surface area contributed by atoms with Crippen LogP contribution in [0.1, 0.15) is 19.3 Å². The van der Waals surface area contributed by atoms with E-state index in [1.54, 1.807) is 0 Å². The SMILES string of the molecule is O=C1C[C@H]2CCCN12.[C]. The summed E-state index contributed by atoms with van der Waals surface area (Å²) in [4.78, 5) is 12.6. The second-order valence-corrected chi connectivity index (χ2v) is 2.59. The van der Waals surface area contributed by atoms with Gasteiger partial charge in [-0.3, -0.25) is 4.79 Å². The second kappa shape index (κ2) is 2.01. The average Bonchev–Trinajstić information content (AvgIpc) is 2.09. The van der Waals surface area contributed by atoms with Crippen molar-refractivity contribution in [3.8, 4) is 0 Å². The molecule has 2 aliphatic rings. The van der Waals surface area contributed by atoms with E-state index < -0.39 is 0 Å². The minimum atomic E-state index is 0. The monoisotopic (exact) mass is 123 g/mol. The van der Waals surface area contributed by atoms with Gasteiger partial charge in [0.05, 0.1) is 0 Å². The zero-order chi connectivity index (χ0) is 5.56. The summed E-state index contributed by atoms with van der Waals surface area (Å²) >= 11 is 0. The van der Waals surface area contributed by atoms with Crippen molar-refractivity contribution in [2.24, 2.45) is 0 Å². The Morgan fingerprint density at radius 2 is 2.33 bits per heavy atom. The van der Waals surface area contributed by atoms with Crippen molar-refractivity contribution in [3.05, 3.63) is 7.43 Å². The minimum absolute atomic E-state index is 0. The van der Waals surface area contributed by atoms with Gasteiger partial charge in [0, 0.05) is 26.4 Å². The first-order chi connectivity index (χ1) is 3.88. The van der Waals surface area contributed by atoms with Gasteiger partial charge < -0.3 is 4.90 Å². The first-order valence-electron chi connectivity index (χ1n) is 3.17. The summed E-state index contributed by atoms with van der Waals surface area (Å²) in [5.41, 5.74) is 0. The van der Waals surface area contributed by atoms with Crippen LogP contribution in [0.25, 0.3) is 0 Å². The van der Waals surface area contributed by atoms with E-state index in [1.165, 1.54) is 12.8 Å². The van der Waals surface area contributed by atoms with E-state index in [9.17, 15) is 4.79 Å². The highest BCUT2D eigenvalue weighted by molar-refractivity contribution is 5.83. The molecule has 0 aromatic rings. The Morgan fingerprint density at radius 3 is 2.78 bits per heavy atom. The van der Waals surface area contributed by atoms with Gasteiger partial charge in [-0.15, -0.1) is 0 Å². The molecule has 0 saturated carbocycles. The van der Waals surface area contributed by atoms with Gasteiger partial charge in [-0.2, -0.15) is 0 Å². The fourth-order valence-corrected chi connectivity index (χ4v) is 1.58. The topological polar surface area (TPSA) is 20.3 Å². The van der Waals surface area contributed by atoms with E-state index >= 15 is 0 Å². The van der Waals surface area contributed by atoms with Crippen molar-refractivity contribution in [3.63, 3.8) is 0 Å². The Labute approximate surface area is 55.8 Å². The van der Waals surface area contributed by atoms with E-state index in [2.05, 4.69) is 0 Å². The molecule has 0 N–H and O–H groups in total. The molecule has 4 radical (unpaired) electrons. The minimum Gasteiger partial charge on any atom is -0.339 e. The number of carbonyl (C=O) groups excluding carboxylic acids is 1. The van der Waals surface area contributed by atoms with Crippen LogP contribution in [0.4, 0.5) is 0 Å². The molecule has 0 unspecified atom stereocenters. The van der Waals surface area contributed by atoms with Crippen molar-refractivity contribution >= 4 is 5.91 Å². The molecular weight excluding hydrogens is 114 g/mol. The number of β-lactam (4-membered cyclic amide) rings is 1. The summed E-state index contributed by atoms with van der Waals surface area (Å²) in [5, 5.41) is 0. The summed E-state index contributed by atoms with van der Waals surface area (Å²) in [6.07, 6.45) is 3.32. The van der Waals surface area contributed by atoms with Crippen LogP contribution in [0, 0.1) is 7.43 Å². The van der Waals surface area contributed by atoms with Crippen LogP contribution in [0.2, 0.25) is 0 Å². The van der Waals surface area contributed by atoms with Crippen LogP contribution >= 0.6 is 0 Å². The normalized spacial score (nSPS) is 30.9. The van der Waals surface area contributed by atoms with E-state index in [-0.39, 0.29) is 7.43 Å². The lowest BCUT2D eigenvalue weighted by Crippen LogP contribution is -2.47. The van der Waals surface area contributed by atoms with Gasteiger partial charge in [0.25, 0.3) is 0 Å². The van der Waals surface area contributed by atoms with Crippen LogP contribution in [0.15, 0.2) is 0 Å². The third kappa shape index (κ3) is 0.732. The molecule has 2 fully saturated rings. The lowest BCUT2D eigenvalue weighted by molar-refractivity contribution is -0.142. The molecule has 1 atom stereocenters. The zero-order valence-electron chi connectivity index (χ0n) is 5.26. The summed E-state index contributed by atoms with van der Waals surface area (Å²) in [7, 11) is 0. The number of fused-ring (bicyclic) bond motifs is 1. The molecule has 0 aromatic heterocycles. The second-order valence-electron chi connectivity index (χ2n) is 2.59. The predicted octanol–water partition coefficient (Wildman–Crippen LogP) is 0.462. The van der Waals surface area contributed by atoms with Gasteiger partial charge in [0.15, 0.2) is 0 Å². The van der Waals surface area contributed by atoms with Crippen molar-refractivity contribution in [1.82, 2.24) is 4.90 Å². The predicted molar refractivity (Wildman–Crippen MR) is 32.6 cm³/mol. The lowest BCUT2D eigenvalue weighted by Gasteiger charge is -2.33. The quantitative estimate of drug-likeness (QED) is 0.428. The van der Waals surface area contributed by atoms with Gasteiger partial charge in [0.1, 0.15) is 0 Å². The highest BCUT2D eigenvalue weighted by Crippen LogP contribution is 2.29. The fraction of sp³-hybridized carbons (Fsp3) is 0.714. The maximum Gasteiger partial charge on any atom is 0.224 e. The fourth-order valence-electron chi connectivity index (χ4n) is 1.58. The highest BCUT2D eigenvalue weighted by Gasteiger charge is 2.38. The smallest absolute Gasteiger partial charge is 0.224 e. The van der Waals surface area contributed by atoms with Crippen LogP contribution in [-0.2, 0) is 4.79 Å². The van der Waals surface area contributed by atoms with Crippen LogP contribution < -0.4 is 0 Å². The van der Waals surface area contributed by atoms with Gasteiger partial charge >= 0.3 is 0 Å². The molecule has 2 aliphatic heterocycles. The molecule has 0 spiro atoms. The third-order valence-electron chi connectivity index (χ3n) is 2.11. The largest absolute Gasteiger partial charge is 0.339 e. The summed E-state index contributed by atoms with van der Waals surface area (Å²) < 4.78 is 0. The van der Waals surface area contributed by atoms with E-state index in [0.717, 1.165) is 13.0 Å². The maximum atomic E-state index is 10.6. The van der Waals surface area contributed by atoms with Gasteiger partial charge in [-0.25, -0.2) is 0 Å². The molecule has 2 heterocycles. The molecule has 1 amide bonds. The molecule has 48 valence electrons.